The molecule has 0 unspecified atom stereocenters. The van der Waals surface area contributed by atoms with E-state index >= 15 is 0 Å². The number of hydrogen-bond donors (Lipinski definition) is 1. The van der Waals surface area contributed by atoms with E-state index in [1.54, 1.807) is 18.5 Å². The Bertz CT molecular complexity index is 596. The second-order valence-electron chi connectivity index (χ2n) is 5.38. The van der Waals surface area contributed by atoms with Gasteiger partial charge in [-0.2, -0.15) is 4.98 Å². The lowest BCUT2D eigenvalue weighted by atomic mass is 9.99. The van der Waals surface area contributed by atoms with Gasteiger partial charge in [-0.15, -0.1) is 0 Å². The maximum absolute atomic E-state index is 6.18. The van der Waals surface area contributed by atoms with Crippen LogP contribution in [0.25, 0.3) is 0 Å². The lowest BCUT2D eigenvalue weighted by Crippen LogP contribution is -2.34. The monoisotopic (exact) mass is 285 g/mol. The molecule has 21 heavy (non-hydrogen) atoms. The fourth-order valence-corrected chi connectivity index (χ4v) is 2.44. The fraction of sp³-hybridized carbons (Fsp3) is 0.400. The molecule has 1 fully saturated rings. The van der Waals surface area contributed by atoms with E-state index in [1.807, 2.05) is 6.07 Å². The first-order valence-electron chi connectivity index (χ1n) is 7.17. The highest BCUT2D eigenvalue weighted by Crippen LogP contribution is 2.32. The molecule has 0 bridgehead atoms. The maximum Gasteiger partial charge on any atom is 0.248 e. The Morgan fingerprint density at radius 3 is 2.81 bits per heavy atom. The summed E-state index contributed by atoms with van der Waals surface area (Å²) in [5.41, 5.74) is 6.67. The molecular formula is C15H19N5O. The number of nitrogens with zero attached hydrogens (tertiary/aromatic N) is 4. The van der Waals surface area contributed by atoms with E-state index in [1.165, 1.54) is 6.33 Å². The number of rotatable bonds is 3. The molecule has 2 aromatic rings. The predicted molar refractivity (Wildman–Crippen MR) is 81.4 cm³/mol. The normalized spacial score (nSPS) is 16.0. The van der Waals surface area contributed by atoms with Gasteiger partial charge >= 0.3 is 0 Å². The van der Waals surface area contributed by atoms with Crippen LogP contribution in [0.5, 0.6) is 11.6 Å². The average molecular weight is 285 g/mol. The van der Waals surface area contributed by atoms with E-state index in [2.05, 4.69) is 26.8 Å². The van der Waals surface area contributed by atoms with Crippen LogP contribution >= 0.6 is 0 Å². The summed E-state index contributed by atoms with van der Waals surface area (Å²) >= 11 is 0. The Balaban J connectivity index is 1.82. The minimum atomic E-state index is 0.381. The summed E-state index contributed by atoms with van der Waals surface area (Å²) in [7, 11) is 0. The van der Waals surface area contributed by atoms with Crippen molar-refractivity contribution in [2.75, 3.05) is 23.7 Å². The molecule has 6 heteroatoms. The molecule has 0 aromatic carbocycles. The highest BCUT2D eigenvalue weighted by molar-refractivity contribution is 5.68. The SMILES string of the molecule is CC1CCN(c2ncnc(Oc3cccnc3)c2N)CC1. The van der Waals surface area contributed by atoms with E-state index in [9.17, 15) is 0 Å². The number of piperidine rings is 1. The number of ether oxygens (including phenoxy) is 1. The van der Waals surface area contributed by atoms with Crippen molar-refractivity contribution in [2.24, 2.45) is 5.92 Å². The van der Waals surface area contributed by atoms with Gasteiger partial charge in [0.15, 0.2) is 5.82 Å². The Kier molecular flexibility index (Phi) is 3.85. The molecule has 110 valence electrons. The van der Waals surface area contributed by atoms with Crippen molar-refractivity contribution >= 4 is 11.5 Å². The molecule has 3 heterocycles. The number of hydrogen-bond acceptors (Lipinski definition) is 6. The second kappa shape index (κ2) is 5.95. The van der Waals surface area contributed by atoms with Crippen molar-refractivity contribution in [2.45, 2.75) is 19.8 Å². The van der Waals surface area contributed by atoms with Gasteiger partial charge in [-0.05, 0) is 30.9 Å². The second-order valence-corrected chi connectivity index (χ2v) is 5.38. The first-order chi connectivity index (χ1) is 10.2. The van der Waals surface area contributed by atoms with Crippen molar-refractivity contribution < 1.29 is 4.74 Å². The Morgan fingerprint density at radius 1 is 1.29 bits per heavy atom. The fourth-order valence-electron chi connectivity index (χ4n) is 2.44. The van der Waals surface area contributed by atoms with Crippen LogP contribution in [-0.2, 0) is 0 Å². The van der Waals surface area contributed by atoms with Gasteiger partial charge < -0.3 is 15.4 Å². The zero-order valence-electron chi connectivity index (χ0n) is 12.1. The van der Waals surface area contributed by atoms with Gasteiger partial charge in [0, 0.05) is 19.3 Å². The molecule has 2 aromatic heterocycles. The molecule has 0 atom stereocenters. The number of nitrogen functional groups attached to an aromatic ring is 1. The van der Waals surface area contributed by atoms with Crippen molar-refractivity contribution in [3.05, 3.63) is 30.9 Å². The molecule has 3 rings (SSSR count). The third-order valence-electron chi connectivity index (χ3n) is 3.76. The standard InChI is InChI=1S/C15H19N5O/c1-11-4-7-20(8-5-11)14-13(16)15(19-10-18-14)21-12-3-2-6-17-9-12/h2-3,6,9-11H,4-5,7-8,16H2,1H3. The minimum absolute atomic E-state index is 0.381. The Labute approximate surface area is 124 Å². The number of aromatic nitrogens is 3. The van der Waals surface area contributed by atoms with Crippen LogP contribution in [-0.4, -0.2) is 28.0 Å². The molecule has 0 spiro atoms. The average Bonchev–Trinajstić information content (AvgIpc) is 2.52. The molecule has 0 amide bonds. The van der Waals surface area contributed by atoms with Crippen LogP contribution in [0.2, 0.25) is 0 Å². The Hall–Kier alpha value is -2.37. The van der Waals surface area contributed by atoms with Gasteiger partial charge in [0.2, 0.25) is 5.88 Å². The third kappa shape index (κ3) is 3.04. The van der Waals surface area contributed by atoms with E-state index in [4.69, 9.17) is 10.5 Å². The summed E-state index contributed by atoms with van der Waals surface area (Å²) in [6.07, 6.45) is 7.13. The summed E-state index contributed by atoms with van der Waals surface area (Å²) in [6.45, 7) is 4.21. The molecule has 0 aliphatic carbocycles. The first kappa shape index (κ1) is 13.6. The molecule has 0 saturated carbocycles. The quantitative estimate of drug-likeness (QED) is 0.933. The van der Waals surface area contributed by atoms with E-state index in [0.29, 0.717) is 17.3 Å². The van der Waals surface area contributed by atoms with Gasteiger partial charge in [-0.3, -0.25) is 4.98 Å². The topological polar surface area (TPSA) is 77.2 Å². The summed E-state index contributed by atoms with van der Waals surface area (Å²) in [6, 6.07) is 3.62. The van der Waals surface area contributed by atoms with Crippen molar-refractivity contribution in [3.8, 4) is 11.6 Å². The minimum Gasteiger partial charge on any atom is -0.435 e. The number of pyridine rings is 1. The smallest absolute Gasteiger partial charge is 0.248 e. The van der Waals surface area contributed by atoms with Gasteiger partial charge in [-0.1, -0.05) is 6.92 Å². The van der Waals surface area contributed by atoms with Crippen LogP contribution in [0.3, 0.4) is 0 Å². The van der Waals surface area contributed by atoms with Crippen LogP contribution in [0.15, 0.2) is 30.9 Å². The summed E-state index contributed by atoms with van der Waals surface area (Å²) in [5, 5.41) is 0. The zero-order chi connectivity index (χ0) is 14.7. The summed E-state index contributed by atoms with van der Waals surface area (Å²) in [4.78, 5) is 14.7. The summed E-state index contributed by atoms with van der Waals surface area (Å²) in [5.74, 6) is 2.51. The molecule has 1 saturated heterocycles. The lowest BCUT2D eigenvalue weighted by Gasteiger charge is -2.31. The van der Waals surface area contributed by atoms with E-state index in [0.717, 1.165) is 37.7 Å². The molecule has 0 radical (unpaired) electrons. The van der Waals surface area contributed by atoms with Crippen molar-refractivity contribution in [1.29, 1.82) is 0 Å². The summed E-state index contributed by atoms with van der Waals surface area (Å²) < 4.78 is 5.70. The largest absolute Gasteiger partial charge is 0.435 e. The van der Waals surface area contributed by atoms with Crippen molar-refractivity contribution in [3.63, 3.8) is 0 Å². The van der Waals surface area contributed by atoms with E-state index < -0.39 is 0 Å². The van der Waals surface area contributed by atoms with Gasteiger partial charge in [0.1, 0.15) is 17.8 Å². The number of anilines is 2. The van der Waals surface area contributed by atoms with Crippen LogP contribution in [0.4, 0.5) is 11.5 Å². The lowest BCUT2D eigenvalue weighted by molar-refractivity contribution is 0.434. The number of nitrogens with two attached hydrogens (primary N) is 1. The Morgan fingerprint density at radius 2 is 2.10 bits per heavy atom. The zero-order valence-corrected chi connectivity index (χ0v) is 12.1. The predicted octanol–water partition coefficient (Wildman–Crippen LogP) is 2.48. The van der Waals surface area contributed by atoms with Crippen molar-refractivity contribution in [1.82, 2.24) is 15.0 Å². The van der Waals surface area contributed by atoms with Crippen LogP contribution in [0, 0.1) is 5.92 Å². The van der Waals surface area contributed by atoms with Crippen LogP contribution < -0.4 is 15.4 Å². The van der Waals surface area contributed by atoms with Crippen LogP contribution in [0.1, 0.15) is 19.8 Å². The molecule has 1 aliphatic heterocycles. The maximum atomic E-state index is 6.18. The molecule has 1 aliphatic rings. The highest BCUT2D eigenvalue weighted by atomic mass is 16.5. The molecular weight excluding hydrogens is 266 g/mol. The van der Waals surface area contributed by atoms with E-state index in [-0.39, 0.29) is 0 Å². The molecule has 6 nitrogen and oxygen atoms in total. The van der Waals surface area contributed by atoms with Gasteiger partial charge in [-0.25, -0.2) is 4.98 Å². The highest BCUT2D eigenvalue weighted by Gasteiger charge is 2.21. The third-order valence-corrected chi connectivity index (χ3v) is 3.76. The van der Waals surface area contributed by atoms with Gasteiger partial charge in [0.25, 0.3) is 0 Å². The van der Waals surface area contributed by atoms with Gasteiger partial charge in [0.05, 0.1) is 6.20 Å². The first-order valence-corrected chi connectivity index (χ1v) is 7.17. The molecule has 2 N–H and O–H groups in total.